The van der Waals surface area contributed by atoms with E-state index in [0.717, 1.165) is 28.2 Å². The second-order valence-electron chi connectivity index (χ2n) is 6.36. The van der Waals surface area contributed by atoms with E-state index < -0.39 is 8.07 Å². The van der Waals surface area contributed by atoms with E-state index in [9.17, 15) is 4.79 Å². The fourth-order valence-corrected chi connectivity index (χ4v) is 3.29. The number of esters is 1. The van der Waals surface area contributed by atoms with Crippen LogP contribution in [-0.4, -0.2) is 37.5 Å². The van der Waals surface area contributed by atoms with Gasteiger partial charge in [0.1, 0.15) is 11.3 Å². The number of benzene rings is 1. The van der Waals surface area contributed by atoms with Gasteiger partial charge in [0, 0.05) is 20.1 Å². The van der Waals surface area contributed by atoms with Crippen LogP contribution in [0.1, 0.15) is 10.4 Å². The number of methoxy groups -OCH3 is 1. The number of hydrogen-bond acceptors (Lipinski definition) is 4. The minimum atomic E-state index is -1.10. The van der Waals surface area contributed by atoms with Crippen molar-refractivity contribution in [3.05, 3.63) is 28.4 Å². The zero-order valence-electron chi connectivity index (χ0n) is 13.4. The molecular formula is C15H21BrN2O3Si. The topological polar surface area (TPSA) is 53.3 Å². The highest BCUT2D eigenvalue weighted by Gasteiger charge is 2.14. The molecule has 1 heterocycles. The molecule has 22 heavy (non-hydrogen) atoms. The van der Waals surface area contributed by atoms with Crippen molar-refractivity contribution >= 4 is 40.9 Å². The first kappa shape index (κ1) is 17.2. The fraction of sp³-hybridized carbons (Fsp3) is 0.467. The molecule has 0 unspecified atom stereocenters. The smallest absolute Gasteiger partial charge is 0.337 e. The van der Waals surface area contributed by atoms with Gasteiger partial charge >= 0.3 is 5.97 Å². The van der Waals surface area contributed by atoms with Crippen molar-refractivity contribution < 1.29 is 14.3 Å². The number of aromatic nitrogens is 2. The van der Waals surface area contributed by atoms with Crippen molar-refractivity contribution in [3.8, 4) is 0 Å². The minimum absolute atomic E-state index is 0.356. The van der Waals surface area contributed by atoms with E-state index >= 15 is 0 Å². The van der Waals surface area contributed by atoms with Crippen LogP contribution in [0.25, 0.3) is 10.9 Å². The molecule has 0 N–H and O–H groups in total. The van der Waals surface area contributed by atoms with E-state index in [2.05, 4.69) is 40.7 Å². The molecule has 120 valence electrons. The average molecular weight is 385 g/mol. The largest absolute Gasteiger partial charge is 0.465 e. The molecule has 7 heteroatoms. The minimum Gasteiger partial charge on any atom is -0.465 e. The number of rotatable bonds is 6. The van der Waals surface area contributed by atoms with Gasteiger partial charge in [-0.05, 0) is 40.2 Å². The van der Waals surface area contributed by atoms with Gasteiger partial charge in [-0.1, -0.05) is 19.6 Å². The summed E-state index contributed by atoms with van der Waals surface area (Å²) in [5.41, 5.74) is 1.36. The van der Waals surface area contributed by atoms with Crippen LogP contribution >= 0.6 is 15.9 Å². The lowest BCUT2D eigenvalue weighted by Gasteiger charge is -2.15. The molecule has 0 saturated carbocycles. The first-order valence-corrected chi connectivity index (χ1v) is 11.6. The monoisotopic (exact) mass is 384 g/mol. The third-order valence-corrected chi connectivity index (χ3v) is 5.63. The zero-order chi connectivity index (χ0) is 16.3. The van der Waals surface area contributed by atoms with Gasteiger partial charge in [-0.2, -0.15) is 5.10 Å². The van der Waals surface area contributed by atoms with Crippen molar-refractivity contribution in [2.45, 2.75) is 32.4 Å². The predicted octanol–water partition coefficient (Wildman–Crippen LogP) is 3.90. The highest BCUT2D eigenvalue weighted by Crippen LogP contribution is 2.24. The van der Waals surface area contributed by atoms with Crippen LogP contribution in [0.2, 0.25) is 25.7 Å². The number of hydrogen-bond donors (Lipinski definition) is 0. The molecule has 0 bridgehead atoms. The summed E-state index contributed by atoms with van der Waals surface area (Å²) >= 11 is 3.44. The van der Waals surface area contributed by atoms with Gasteiger partial charge in [-0.25, -0.2) is 9.48 Å². The number of nitrogens with zero attached hydrogens (tertiary/aromatic N) is 2. The number of carbonyl (C=O) groups is 1. The van der Waals surface area contributed by atoms with Crippen molar-refractivity contribution in [3.63, 3.8) is 0 Å². The van der Waals surface area contributed by atoms with Gasteiger partial charge < -0.3 is 9.47 Å². The van der Waals surface area contributed by atoms with Crippen LogP contribution in [0.5, 0.6) is 0 Å². The molecule has 0 atom stereocenters. The number of halogens is 1. The Morgan fingerprint density at radius 3 is 2.73 bits per heavy atom. The molecule has 0 amide bonds. The lowest BCUT2D eigenvalue weighted by Crippen LogP contribution is -2.22. The second-order valence-corrected chi connectivity index (χ2v) is 12.7. The summed E-state index contributed by atoms with van der Waals surface area (Å²) in [6.45, 7) is 8.05. The van der Waals surface area contributed by atoms with Gasteiger partial charge in [0.2, 0.25) is 0 Å². The molecule has 1 aromatic carbocycles. The van der Waals surface area contributed by atoms with Crippen molar-refractivity contribution in [2.75, 3.05) is 13.7 Å². The maximum atomic E-state index is 11.7. The standard InChI is InChI=1S/C15H21BrN2O3Si/c1-20-15(19)11-5-6-12-13(9-11)18(17-14(12)16)10-21-7-8-22(2,3)4/h5-6,9H,7-8,10H2,1-4H3. The quantitative estimate of drug-likeness (QED) is 0.430. The highest BCUT2D eigenvalue weighted by atomic mass is 79.9. The Bertz CT molecular complexity index is 679. The van der Waals surface area contributed by atoms with Gasteiger partial charge in [0.25, 0.3) is 0 Å². The van der Waals surface area contributed by atoms with E-state index in [1.165, 1.54) is 7.11 Å². The van der Waals surface area contributed by atoms with Crippen molar-refractivity contribution in [2.24, 2.45) is 0 Å². The number of carbonyl (C=O) groups excluding carboxylic acids is 1. The summed E-state index contributed by atoms with van der Waals surface area (Å²) in [7, 11) is 0.276. The Kier molecular flexibility index (Phi) is 5.41. The van der Waals surface area contributed by atoms with Crippen LogP contribution in [0.15, 0.2) is 22.8 Å². The lowest BCUT2D eigenvalue weighted by molar-refractivity contribution is 0.0600. The van der Waals surface area contributed by atoms with Crippen molar-refractivity contribution in [1.82, 2.24) is 9.78 Å². The van der Waals surface area contributed by atoms with Crippen LogP contribution in [-0.2, 0) is 16.2 Å². The summed E-state index contributed by atoms with van der Waals surface area (Å²) in [5.74, 6) is -0.356. The third kappa shape index (κ3) is 4.18. The first-order valence-electron chi connectivity index (χ1n) is 7.14. The van der Waals surface area contributed by atoms with E-state index in [4.69, 9.17) is 9.47 Å². The fourth-order valence-electron chi connectivity index (χ4n) is 2.01. The van der Waals surface area contributed by atoms with Crippen LogP contribution in [0.4, 0.5) is 0 Å². The molecule has 0 aliphatic heterocycles. The van der Waals surface area contributed by atoms with Crippen LogP contribution < -0.4 is 0 Å². The zero-order valence-corrected chi connectivity index (χ0v) is 15.9. The van der Waals surface area contributed by atoms with E-state index in [1.807, 2.05) is 6.07 Å². The maximum Gasteiger partial charge on any atom is 0.337 e. The number of fused-ring (bicyclic) bond motifs is 1. The molecular weight excluding hydrogens is 364 g/mol. The average Bonchev–Trinajstić information content (AvgIpc) is 2.78. The lowest BCUT2D eigenvalue weighted by atomic mass is 10.2. The molecule has 0 spiro atoms. The summed E-state index contributed by atoms with van der Waals surface area (Å²) in [6, 6.07) is 6.48. The summed E-state index contributed by atoms with van der Waals surface area (Å²) < 4.78 is 13.0. The normalized spacial score (nSPS) is 11.9. The van der Waals surface area contributed by atoms with E-state index in [1.54, 1.807) is 16.8 Å². The van der Waals surface area contributed by atoms with Crippen LogP contribution in [0.3, 0.4) is 0 Å². The van der Waals surface area contributed by atoms with Crippen LogP contribution in [0, 0.1) is 0 Å². The van der Waals surface area contributed by atoms with Crippen molar-refractivity contribution in [1.29, 1.82) is 0 Å². The molecule has 0 saturated heterocycles. The predicted molar refractivity (Wildman–Crippen MR) is 92.9 cm³/mol. The Morgan fingerprint density at radius 2 is 2.09 bits per heavy atom. The summed E-state index contributed by atoms with van der Waals surface area (Å²) in [5, 5.41) is 5.36. The Morgan fingerprint density at radius 1 is 1.36 bits per heavy atom. The van der Waals surface area contributed by atoms with Gasteiger partial charge in [-0.3, -0.25) is 0 Å². The molecule has 0 radical (unpaired) electrons. The SMILES string of the molecule is COC(=O)c1ccc2c(Br)nn(COCC[Si](C)(C)C)c2c1. The first-order chi connectivity index (χ1) is 10.3. The van der Waals surface area contributed by atoms with Gasteiger partial charge in [0.05, 0.1) is 18.2 Å². The molecule has 1 aromatic heterocycles. The molecule has 0 fully saturated rings. The summed E-state index contributed by atoms with van der Waals surface area (Å²) in [6.07, 6.45) is 0. The molecule has 2 aromatic rings. The Labute approximate surface area is 139 Å². The molecule has 2 rings (SSSR count). The maximum absolute atomic E-state index is 11.7. The second kappa shape index (κ2) is 6.93. The third-order valence-electron chi connectivity index (χ3n) is 3.34. The molecule has 0 aliphatic carbocycles. The Hall–Kier alpha value is -1.18. The van der Waals surface area contributed by atoms with E-state index in [0.29, 0.717) is 12.3 Å². The number of ether oxygens (including phenoxy) is 2. The van der Waals surface area contributed by atoms with Gasteiger partial charge in [-0.15, -0.1) is 0 Å². The molecule has 0 aliphatic rings. The molecule has 5 nitrogen and oxygen atoms in total. The van der Waals surface area contributed by atoms with Gasteiger partial charge in [0.15, 0.2) is 0 Å². The summed E-state index contributed by atoms with van der Waals surface area (Å²) in [4.78, 5) is 11.7. The van der Waals surface area contributed by atoms with E-state index in [-0.39, 0.29) is 5.97 Å². The Balaban J connectivity index is 2.17. The highest BCUT2D eigenvalue weighted by molar-refractivity contribution is 9.10.